The second kappa shape index (κ2) is 6.49. The highest BCUT2D eigenvalue weighted by molar-refractivity contribution is 5.78. The zero-order chi connectivity index (χ0) is 15.4. The molecule has 0 radical (unpaired) electrons. The number of hydrogen-bond acceptors (Lipinski definition) is 4. The summed E-state index contributed by atoms with van der Waals surface area (Å²) in [5, 5.41) is 25.5. The van der Waals surface area contributed by atoms with Gasteiger partial charge in [0.05, 0.1) is 5.69 Å². The van der Waals surface area contributed by atoms with Gasteiger partial charge in [0.1, 0.15) is 0 Å². The van der Waals surface area contributed by atoms with Crippen LogP contribution in [0.4, 0.5) is 5.69 Å². The lowest BCUT2D eigenvalue weighted by Gasteiger charge is -2.16. The van der Waals surface area contributed by atoms with E-state index in [0.717, 1.165) is 36.5 Å². The van der Waals surface area contributed by atoms with E-state index in [9.17, 15) is 10.4 Å². The first-order valence-electron chi connectivity index (χ1n) is 6.97. The molecule has 0 saturated heterocycles. The largest absolute Gasteiger partial charge is 0.612 e. The van der Waals surface area contributed by atoms with Crippen molar-refractivity contribution in [2.75, 3.05) is 32.5 Å². The van der Waals surface area contributed by atoms with Gasteiger partial charge in [-0.1, -0.05) is 0 Å². The van der Waals surface area contributed by atoms with Crippen LogP contribution in [0.1, 0.15) is 12.0 Å². The Bertz CT molecular complexity index is 645. The summed E-state index contributed by atoms with van der Waals surface area (Å²) in [6.45, 7) is 3.66. The molecule has 0 aromatic rings. The molecule has 0 amide bonds. The molecule has 1 heterocycles. The van der Waals surface area contributed by atoms with Crippen molar-refractivity contribution in [1.82, 2.24) is 14.8 Å². The molecule has 0 unspecified atom stereocenters. The van der Waals surface area contributed by atoms with Crippen molar-refractivity contribution in [3.8, 4) is 11.3 Å². The van der Waals surface area contributed by atoms with Crippen molar-refractivity contribution in [1.29, 1.82) is 0 Å². The maximum Gasteiger partial charge on any atom is 0.227 e. The second-order valence-electron chi connectivity index (χ2n) is 5.36. The Labute approximate surface area is 124 Å². The van der Waals surface area contributed by atoms with E-state index in [1.807, 2.05) is 12.3 Å². The molecule has 2 rings (SSSR count). The van der Waals surface area contributed by atoms with E-state index in [1.54, 1.807) is 19.1 Å². The first-order chi connectivity index (χ1) is 10.0. The van der Waals surface area contributed by atoms with Gasteiger partial charge in [-0.05, 0) is 46.1 Å². The summed E-state index contributed by atoms with van der Waals surface area (Å²) in [5.74, 6) is 0. The molecule has 0 atom stereocenters. The molecule has 114 valence electrons. The van der Waals surface area contributed by atoms with Crippen LogP contribution in [-0.2, 0) is 0 Å². The first-order valence-corrected chi connectivity index (χ1v) is 6.97. The number of aromatic nitrogens is 1. The van der Waals surface area contributed by atoms with Gasteiger partial charge >= 0.3 is 0 Å². The molecule has 0 bridgehead atoms. The highest BCUT2D eigenvalue weighted by Gasteiger charge is 2.13. The summed E-state index contributed by atoms with van der Waals surface area (Å²) in [6.07, 6.45) is 2.85. The van der Waals surface area contributed by atoms with Crippen LogP contribution >= 0.6 is 0 Å². The maximum atomic E-state index is 11.0. The minimum atomic E-state index is -0.347. The summed E-state index contributed by atoms with van der Waals surface area (Å²) in [6, 6.07) is 5.32. The number of H-pyrrole nitrogens is 1. The molecular formula is C15H21N4O2-. The third kappa shape index (κ3) is 3.46. The van der Waals surface area contributed by atoms with Crippen LogP contribution in [0.2, 0.25) is 0 Å². The number of aromatic amines is 1. The predicted octanol–water partition coefficient (Wildman–Crippen LogP) is 1.56. The van der Waals surface area contributed by atoms with Crippen molar-refractivity contribution >= 4 is 5.69 Å². The smallest absolute Gasteiger partial charge is 0.227 e. The van der Waals surface area contributed by atoms with Gasteiger partial charge in [0.25, 0.3) is 0 Å². The molecule has 6 heteroatoms. The van der Waals surface area contributed by atoms with Crippen LogP contribution in [-0.4, -0.2) is 37.1 Å². The highest BCUT2D eigenvalue weighted by Crippen LogP contribution is 2.28. The van der Waals surface area contributed by atoms with E-state index in [2.05, 4.69) is 29.3 Å². The quantitative estimate of drug-likeness (QED) is 0.646. The van der Waals surface area contributed by atoms with Gasteiger partial charge in [-0.15, -0.1) is 0 Å². The molecule has 1 aliphatic heterocycles. The Morgan fingerprint density at radius 3 is 2.67 bits per heavy atom. The van der Waals surface area contributed by atoms with Crippen LogP contribution in [0.3, 0.4) is 0 Å². The molecule has 2 aliphatic rings. The van der Waals surface area contributed by atoms with Crippen molar-refractivity contribution in [3.63, 3.8) is 0 Å². The second-order valence-corrected chi connectivity index (χ2v) is 5.36. The van der Waals surface area contributed by atoms with Gasteiger partial charge in [-0.3, -0.25) is 0 Å². The SMILES string of the molecule is Cc1c2[nH]ccc(NCCCN(C)C)c-2ccc1=[N+]([O-])[O-]. The summed E-state index contributed by atoms with van der Waals surface area (Å²) in [7, 11) is 4.10. The molecule has 0 aromatic carbocycles. The van der Waals surface area contributed by atoms with E-state index >= 15 is 0 Å². The zero-order valence-electron chi connectivity index (χ0n) is 12.6. The fourth-order valence-corrected chi connectivity index (χ4v) is 2.38. The Kier molecular flexibility index (Phi) is 4.70. The number of pyridine rings is 1. The van der Waals surface area contributed by atoms with Crippen molar-refractivity contribution in [2.45, 2.75) is 13.3 Å². The molecule has 2 N–H and O–H groups in total. The lowest BCUT2D eigenvalue weighted by Crippen LogP contribution is -2.23. The lowest BCUT2D eigenvalue weighted by molar-refractivity contribution is 0.405. The Balaban J connectivity index is 2.27. The third-order valence-electron chi connectivity index (χ3n) is 3.50. The number of benzene rings is 1. The van der Waals surface area contributed by atoms with Gasteiger partial charge in [-0.25, -0.2) is 0 Å². The predicted molar refractivity (Wildman–Crippen MR) is 85.8 cm³/mol. The number of anilines is 1. The van der Waals surface area contributed by atoms with Crippen LogP contribution < -0.4 is 15.6 Å². The Morgan fingerprint density at radius 2 is 2.00 bits per heavy atom. The van der Waals surface area contributed by atoms with Gasteiger partial charge in [0, 0.05) is 35.6 Å². The average molecular weight is 289 g/mol. The molecule has 21 heavy (non-hydrogen) atoms. The monoisotopic (exact) mass is 289 g/mol. The van der Waals surface area contributed by atoms with Gasteiger partial charge in [-0.2, -0.15) is 4.90 Å². The van der Waals surface area contributed by atoms with Gasteiger partial charge in [0.2, 0.25) is 5.36 Å². The van der Waals surface area contributed by atoms with E-state index in [1.165, 1.54) is 0 Å². The van der Waals surface area contributed by atoms with E-state index in [0.29, 0.717) is 5.56 Å². The van der Waals surface area contributed by atoms with E-state index < -0.39 is 0 Å². The summed E-state index contributed by atoms with van der Waals surface area (Å²) < 4.78 is 0. The van der Waals surface area contributed by atoms with Crippen LogP contribution in [0.15, 0.2) is 24.4 Å². The number of hydrogen-bond donors (Lipinski definition) is 2. The fourth-order valence-electron chi connectivity index (χ4n) is 2.38. The van der Waals surface area contributed by atoms with Crippen LogP contribution in [0.25, 0.3) is 11.3 Å². The summed E-state index contributed by atoms with van der Waals surface area (Å²) in [4.78, 5) is 4.91. The Morgan fingerprint density at radius 1 is 1.24 bits per heavy atom. The molecule has 1 aliphatic carbocycles. The molecular weight excluding hydrogens is 268 g/mol. The number of rotatable bonds is 5. The number of fused-ring (bicyclic) bond motifs is 1. The first kappa shape index (κ1) is 15.2. The lowest BCUT2D eigenvalue weighted by atomic mass is 10.0. The molecule has 0 fully saturated rings. The summed E-state index contributed by atoms with van der Waals surface area (Å²) >= 11 is 0. The molecule has 6 nitrogen and oxygen atoms in total. The fraction of sp³-hybridized carbons (Fsp3) is 0.400. The van der Waals surface area contributed by atoms with Gasteiger partial charge in [0.15, 0.2) is 0 Å². The standard InChI is InChI=1S/C15H21N4O2/c1-11-14(19(20)21)6-5-12-13(7-9-17-15(11)12)16-8-4-10-18(2)3/h5-7,9,16-17H,4,8,10H2,1-3H3/q-1. The average Bonchev–Trinajstić information content (AvgIpc) is 2.43. The summed E-state index contributed by atoms with van der Waals surface area (Å²) in [5.41, 5.74) is 3.45. The van der Waals surface area contributed by atoms with Gasteiger partial charge < -0.3 is 25.6 Å². The molecule has 0 aromatic heterocycles. The Hall–Kier alpha value is -2.21. The van der Waals surface area contributed by atoms with E-state index in [4.69, 9.17) is 0 Å². The highest BCUT2D eigenvalue weighted by atomic mass is 16.8. The van der Waals surface area contributed by atoms with Crippen molar-refractivity contribution in [2.24, 2.45) is 0 Å². The minimum Gasteiger partial charge on any atom is -0.612 e. The minimum absolute atomic E-state index is 0.142. The van der Waals surface area contributed by atoms with Crippen molar-refractivity contribution < 1.29 is 0 Å². The number of nitrogens with one attached hydrogen (secondary N) is 2. The van der Waals surface area contributed by atoms with Crippen molar-refractivity contribution in [3.05, 3.63) is 45.7 Å². The maximum absolute atomic E-state index is 11.0. The topological polar surface area (TPSA) is 80.2 Å². The number of nitrogens with zero attached hydrogens (tertiary/aromatic N) is 2. The van der Waals surface area contributed by atoms with Crippen LogP contribution in [0, 0.1) is 17.3 Å². The molecule has 0 saturated carbocycles. The zero-order valence-corrected chi connectivity index (χ0v) is 12.6. The van der Waals surface area contributed by atoms with E-state index in [-0.39, 0.29) is 10.3 Å². The third-order valence-corrected chi connectivity index (χ3v) is 3.50. The normalized spacial score (nSPS) is 11.0. The van der Waals surface area contributed by atoms with Crippen LogP contribution in [0.5, 0.6) is 0 Å². The molecule has 0 spiro atoms.